The minimum Gasteiger partial charge on any atom is -0.353 e. The summed E-state index contributed by atoms with van der Waals surface area (Å²) in [6, 6.07) is 9.71. The Hall–Kier alpha value is -1.84. The quantitative estimate of drug-likeness (QED) is 0.902. The lowest BCUT2D eigenvalue weighted by Crippen LogP contribution is -2.59. The molecular formula is C17H22N2O2. The van der Waals surface area contributed by atoms with Crippen LogP contribution in [0.2, 0.25) is 0 Å². The molecule has 4 heteroatoms. The molecule has 1 N–H and O–H groups in total. The van der Waals surface area contributed by atoms with Gasteiger partial charge >= 0.3 is 0 Å². The molecule has 1 unspecified atom stereocenters. The minimum absolute atomic E-state index is 0.0455. The Morgan fingerprint density at radius 3 is 2.57 bits per heavy atom. The van der Waals surface area contributed by atoms with Crippen molar-refractivity contribution in [3.8, 4) is 0 Å². The summed E-state index contributed by atoms with van der Waals surface area (Å²) in [5.41, 5.74) is 0.679. The zero-order valence-electron chi connectivity index (χ0n) is 12.5. The molecule has 1 aliphatic carbocycles. The van der Waals surface area contributed by atoms with Gasteiger partial charge in [0, 0.05) is 13.1 Å². The Kier molecular flexibility index (Phi) is 3.70. The van der Waals surface area contributed by atoms with Crippen molar-refractivity contribution in [1.29, 1.82) is 0 Å². The Bertz CT molecular complexity index is 535. The summed E-state index contributed by atoms with van der Waals surface area (Å²) in [7, 11) is 0. The standard InChI is InChI=1S/C17H22N2O2/c1-13-15(20)18-11-12-19(13)16(21)17(9-5-6-10-17)14-7-3-2-4-8-14/h2-4,7-8,13H,5-6,9-12H2,1H3,(H,18,20). The second kappa shape index (κ2) is 5.51. The third kappa shape index (κ3) is 2.33. The average Bonchev–Trinajstić information content (AvgIpc) is 3.01. The molecule has 0 bridgehead atoms. The van der Waals surface area contributed by atoms with Gasteiger partial charge in [0.25, 0.3) is 0 Å². The predicted octanol–water partition coefficient (Wildman–Crippen LogP) is 1.85. The number of hydrogen-bond acceptors (Lipinski definition) is 2. The summed E-state index contributed by atoms with van der Waals surface area (Å²) in [4.78, 5) is 26.9. The van der Waals surface area contributed by atoms with Gasteiger partial charge in [-0.05, 0) is 25.3 Å². The molecule has 0 aromatic heterocycles. The van der Waals surface area contributed by atoms with E-state index in [-0.39, 0.29) is 17.9 Å². The normalized spacial score (nSPS) is 24.7. The molecular weight excluding hydrogens is 264 g/mol. The van der Waals surface area contributed by atoms with Gasteiger partial charge in [-0.15, -0.1) is 0 Å². The molecule has 3 rings (SSSR count). The largest absolute Gasteiger partial charge is 0.353 e. The van der Waals surface area contributed by atoms with Gasteiger partial charge in [0.2, 0.25) is 11.8 Å². The number of rotatable bonds is 2. The second-order valence-corrected chi connectivity index (χ2v) is 6.12. The minimum atomic E-state index is -0.423. The first-order valence-corrected chi connectivity index (χ1v) is 7.79. The lowest BCUT2D eigenvalue weighted by atomic mass is 9.77. The molecule has 4 nitrogen and oxygen atoms in total. The molecule has 0 spiro atoms. The molecule has 0 radical (unpaired) electrons. The summed E-state index contributed by atoms with van der Waals surface area (Å²) < 4.78 is 0. The molecule has 1 aliphatic heterocycles. The van der Waals surface area contributed by atoms with Gasteiger partial charge in [0.15, 0.2) is 0 Å². The smallest absolute Gasteiger partial charge is 0.242 e. The molecule has 1 aromatic rings. The van der Waals surface area contributed by atoms with Gasteiger partial charge in [0.1, 0.15) is 6.04 Å². The molecule has 2 fully saturated rings. The zero-order valence-corrected chi connectivity index (χ0v) is 12.5. The topological polar surface area (TPSA) is 49.4 Å². The Morgan fingerprint density at radius 1 is 1.24 bits per heavy atom. The number of amides is 2. The number of carbonyl (C=O) groups excluding carboxylic acids is 2. The van der Waals surface area contributed by atoms with E-state index in [0.29, 0.717) is 13.1 Å². The molecule has 1 saturated carbocycles. The molecule has 21 heavy (non-hydrogen) atoms. The number of piperazine rings is 1. The third-order valence-corrected chi connectivity index (χ3v) is 4.95. The van der Waals surface area contributed by atoms with Crippen LogP contribution >= 0.6 is 0 Å². The van der Waals surface area contributed by atoms with Crippen molar-refractivity contribution in [2.24, 2.45) is 0 Å². The van der Waals surface area contributed by atoms with Crippen LogP contribution in [0, 0.1) is 0 Å². The number of carbonyl (C=O) groups is 2. The highest BCUT2D eigenvalue weighted by Gasteiger charge is 2.47. The van der Waals surface area contributed by atoms with Crippen molar-refractivity contribution in [2.75, 3.05) is 13.1 Å². The summed E-state index contributed by atoms with van der Waals surface area (Å²) in [6.07, 6.45) is 3.94. The van der Waals surface area contributed by atoms with Gasteiger partial charge < -0.3 is 10.2 Å². The second-order valence-electron chi connectivity index (χ2n) is 6.12. The first-order chi connectivity index (χ1) is 10.1. The molecule has 112 valence electrons. The van der Waals surface area contributed by atoms with Crippen molar-refractivity contribution in [3.05, 3.63) is 35.9 Å². The van der Waals surface area contributed by atoms with Crippen LogP contribution < -0.4 is 5.32 Å². The zero-order chi connectivity index (χ0) is 14.9. The van der Waals surface area contributed by atoms with Crippen LogP contribution in [0.4, 0.5) is 0 Å². The fourth-order valence-electron chi connectivity index (χ4n) is 3.70. The Morgan fingerprint density at radius 2 is 1.90 bits per heavy atom. The Balaban J connectivity index is 1.94. The van der Waals surface area contributed by atoms with Crippen molar-refractivity contribution >= 4 is 11.8 Å². The van der Waals surface area contributed by atoms with Crippen molar-refractivity contribution in [2.45, 2.75) is 44.1 Å². The number of nitrogens with one attached hydrogen (secondary N) is 1. The lowest BCUT2D eigenvalue weighted by molar-refractivity contribution is -0.146. The van der Waals surface area contributed by atoms with Gasteiger partial charge in [-0.1, -0.05) is 43.2 Å². The van der Waals surface area contributed by atoms with E-state index in [4.69, 9.17) is 0 Å². The van der Waals surface area contributed by atoms with E-state index in [2.05, 4.69) is 17.4 Å². The molecule has 1 atom stereocenters. The SMILES string of the molecule is CC1C(=O)NCCN1C(=O)C1(c2ccccc2)CCCC1. The number of nitrogens with zero attached hydrogens (tertiary/aromatic N) is 1. The lowest BCUT2D eigenvalue weighted by Gasteiger charge is -2.40. The van der Waals surface area contributed by atoms with Crippen LogP contribution in [-0.2, 0) is 15.0 Å². The fourth-order valence-corrected chi connectivity index (χ4v) is 3.70. The van der Waals surface area contributed by atoms with Crippen LogP contribution in [0.25, 0.3) is 0 Å². The van der Waals surface area contributed by atoms with E-state index in [1.54, 1.807) is 4.90 Å². The maximum atomic E-state index is 13.2. The van der Waals surface area contributed by atoms with Crippen LogP contribution in [0.5, 0.6) is 0 Å². The first kappa shape index (κ1) is 14.1. The van der Waals surface area contributed by atoms with Gasteiger partial charge in [-0.3, -0.25) is 9.59 Å². The summed E-state index contributed by atoms with van der Waals surface area (Å²) in [5, 5.41) is 2.83. The van der Waals surface area contributed by atoms with E-state index >= 15 is 0 Å². The molecule has 1 aromatic carbocycles. The van der Waals surface area contributed by atoms with Crippen molar-refractivity contribution in [1.82, 2.24) is 10.2 Å². The highest BCUT2D eigenvalue weighted by atomic mass is 16.2. The third-order valence-electron chi connectivity index (χ3n) is 4.95. The molecule has 1 saturated heterocycles. The van der Waals surface area contributed by atoms with Crippen LogP contribution in [0.3, 0.4) is 0 Å². The molecule has 2 amide bonds. The summed E-state index contributed by atoms with van der Waals surface area (Å²) in [6.45, 7) is 2.99. The van der Waals surface area contributed by atoms with E-state index in [1.807, 2.05) is 25.1 Å². The predicted molar refractivity (Wildman–Crippen MR) is 80.8 cm³/mol. The van der Waals surface area contributed by atoms with Gasteiger partial charge in [0.05, 0.1) is 5.41 Å². The van der Waals surface area contributed by atoms with Crippen LogP contribution in [0.15, 0.2) is 30.3 Å². The summed E-state index contributed by atoms with van der Waals surface area (Å²) in [5.74, 6) is 0.0874. The molecule has 1 heterocycles. The van der Waals surface area contributed by atoms with Crippen LogP contribution in [0.1, 0.15) is 38.2 Å². The fraction of sp³-hybridized carbons (Fsp3) is 0.529. The van der Waals surface area contributed by atoms with Gasteiger partial charge in [-0.2, -0.15) is 0 Å². The van der Waals surface area contributed by atoms with Crippen molar-refractivity contribution < 1.29 is 9.59 Å². The van der Waals surface area contributed by atoms with Crippen LogP contribution in [-0.4, -0.2) is 35.8 Å². The maximum absolute atomic E-state index is 13.2. The number of benzene rings is 1. The first-order valence-electron chi connectivity index (χ1n) is 7.79. The highest BCUT2D eigenvalue weighted by molar-refractivity contribution is 5.94. The number of hydrogen-bond donors (Lipinski definition) is 1. The summed E-state index contributed by atoms with van der Waals surface area (Å²) >= 11 is 0. The van der Waals surface area contributed by atoms with E-state index < -0.39 is 5.41 Å². The monoisotopic (exact) mass is 286 g/mol. The van der Waals surface area contributed by atoms with E-state index in [1.165, 1.54) is 0 Å². The average molecular weight is 286 g/mol. The highest BCUT2D eigenvalue weighted by Crippen LogP contribution is 2.43. The Labute approximate surface area is 125 Å². The van der Waals surface area contributed by atoms with E-state index in [0.717, 1.165) is 31.2 Å². The molecule has 2 aliphatic rings. The van der Waals surface area contributed by atoms with Gasteiger partial charge in [-0.25, -0.2) is 0 Å². The maximum Gasteiger partial charge on any atom is 0.242 e. The van der Waals surface area contributed by atoms with Crippen molar-refractivity contribution in [3.63, 3.8) is 0 Å². The van der Waals surface area contributed by atoms with E-state index in [9.17, 15) is 9.59 Å².